The lowest BCUT2D eigenvalue weighted by atomic mass is 10.1. The number of ether oxygens (including phenoxy) is 2. The van der Waals surface area contributed by atoms with Gasteiger partial charge in [0.1, 0.15) is 17.1 Å². The van der Waals surface area contributed by atoms with Crippen molar-refractivity contribution in [3.05, 3.63) is 30.0 Å². The van der Waals surface area contributed by atoms with E-state index in [2.05, 4.69) is 10.3 Å². The Morgan fingerprint density at radius 1 is 1.37 bits per heavy atom. The van der Waals surface area contributed by atoms with Crippen LogP contribution in [0.2, 0.25) is 0 Å². The smallest absolute Gasteiger partial charge is 0.270 e. The zero-order chi connectivity index (χ0) is 19.0. The molecule has 9 heteroatoms. The van der Waals surface area contributed by atoms with Crippen LogP contribution in [-0.2, 0) is 21.1 Å². The van der Waals surface area contributed by atoms with Crippen molar-refractivity contribution in [1.29, 1.82) is 0 Å². The average molecular weight is 391 g/mol. The van der Waals surface area contributed by atoms with Crippen molar-refractivity contribution in [1.82, 2.24) is 14.9 Å². The molecule has 0 bridgehead atoms. The van der Waals surface area contributed by atoms with E-state index in [4.69, 9.17) is 9.47 Å². The molecule has 0 aliphatic carbocycles. The second kappa shape index (κ2) is 6.97. The predicted octanol–water partition coefficient (Wildman–Crippen LogP) is 1.25. The van der Waals surface area contributed by atoms with Crippen molar-refractivity contribution < 1.29 is 22.7 Å². The van der Waals surface area contributed by atoms with E-state index < -0.39 is 9.84 Å². The van der Waals surface area contributed by atoms with E-state index in [9.17, 15) is 13.2 Å². The number of hydrogen-bond donors (Lipinski definition) is 1. The first-order chi connectivity index (χ1) is 13.0. The maximum absolute atomic E-state index is 12.9. The lowest BCUT2D eigenvalue weighted by molar-refractivity contribution is 0.0850. The number of methoxy groups -OCH3 is 1. The summed E-state index contributed by atoms with van der Waals surface area (Å²) in [6.45, 7) is 1.33. The number of benzene rings is 1. The second-order valence-electron chi connectivity index (χ2n) is 6.64. The summed E-state index contributed by atoms with van der Waals surface area (Å²) in [6, 6.07) is 7.03. The molecule has 1 amide bonds. The van der Waals surface area contributed by atoms with Crippen LogP contribution in [0.1, 0.15) is 23.3 Å². The maximum Gasteiger partial charge on any atom is 0.270 e. The van der Waals surface area contributed by atoms with Crippen LogP contribution in [0.15, 0.2) is 29.4 Å². The monoisotopic (exact) mass is 391 g/mol. The van der Waals surface area contributed by atoms with E-state index in [1.807, 2.05) is 0 Å². The zero-order valence-corrected chi connectivity index (χ0v) is 15.8. The Labute approximate surface area is 157 Å². The Morgan fingerprint density at radius 2 is 2.15 bits per heavy atom. The molecule has 144 valence electrons. The largest absolute Gasteiger partial charge is 0.497 e. The Kier molecular flexibility index (Phi) is 4.65. The highest BCUT2D eigenvalue weighted by Crippen LogP contribution is 2.31. The third-order valence-corrected chi connectivity index (χ3v) is 6.48. The minimum absolute atomic E-state index is 0.00286. The molecule has 1 aromatic heterocycles. The van der Waals surface area contributed by atoms with Crippen LogP contribution >= 0.6 is 0 Å². The molecule has 2 aliphatic rings. The highest BCUT2D eigenvalue weighted by Gasteiger charge is 2.35. The molecule has 1 N–H and O–H groups in total. The summed E-state index contributed by atoms with van der Waals surface area (Å²) in [4.78, 5) is 17.2. The van der Waals surface area contributed by atoms with Gasteiger partial charge in [-0.15, -0.1) is 0 Å². The second-order valence-corrected chi connectivity index (χ2v) is 8.64. The van der Waals surface area contributed by atoms with Crippen molar-refractivity contribution in [3.8, 4) is 17.0 Å². The van der Waals surface area contributed by atoms with Crippen LogP contribution in [0, 0.1) is 0 Å². The Balaban J connectivity index is 1.70. The molecule has 3 heterocycles. The molecule has 4 rings (SSSR count). The Hall–Kier alpha value is -2.39. The maximum atomic E-state index is 12.9. The number of amides is 1. The zero-order valence-electron chi connectivity index (χ0n) is 15.0. The van der Waals surface area contributed by atoms with Crippen LogP contribution in [0.5, 0.6) is 5.75 Å². The van der Waals surface area contributed by atoms with Gasteiger partial charge < -0.3 is 19.4 Å². The predicted molar refractivity (Wildman–Crippen MR) is 97.6 cm³/mol. The molecular weight excluding hydrogens is 370 g/mol. The fraction of sp³-hybridized carbons (Fsp3) is 0.444. The highest BCUT2D eigenvalue weighted by atomic mass is 32.2. The van der Waals surface area contributed by atoms with Gasteiger partial charge in [0.25, 0.3) is 5.91 Å². The molecule has 0 unspecified atom stereocenters. The standard InChI is InChI=1S/C18H21N3O5S/c1-25-13-6-4-12(5-7-13)15-16(17(22)19-11-14-3-2-9-26-14)21-8-10-27(23,24)18(21)20-15/h4-7,14H,2-3,8-11H2,1H3,(H,19,22)/t14-/m0/s1. The first kappa shape index (κ1) is 18.0. The molecule has 1 atom stereocenters. The normalized spacial score (nSPS) is 20.4. The average Bonchev–Trinajstić information content (AvgIpc) is 3.37. The lowest BCUT2D eigenvalue weighted by Gasteiger charge is -2.12. The fourth-order valence-electron chi connectivity index (χ4n) is 3.46. The molecule has 1 fully saturated rings. The van der Waals surface area contributed by atoms with E-state index in [-0.39, 0.29) is 35.2 Å². The third-order valence-electron chi connectivity index (χ3n) is 4.89. The fourth-order valence-corrected chi connectivity index (χ4v) is 4.81. The summed E-state index contributed by atoms with van der Waals surface area (Å²) in [6.07, 6.45) is 1.89. The van der Waals surface area contributed by atoms with E-state index in [1.165, 1.54) is 4.57 Å². The number of imidazole rings is 1. The summed E-state index contributed by atoms with van der Waals surface area (Å²) in [7, 11) is -1.90. The number of fused-ring (bicyclic) bond motifs is 1. The van der Waals surface area contributed by atoms with Gasteiger partial charge in [-0.3, -0.25) is 4.79 Å². The van der Waals surface area contributed by atoms with Crippen molar-refractivity contribution in [2.24, 2.45) is 0 Å². The van der Waals surface area contributed by atoms with Gasteiger partial charge in [0.15, 0.2) is 0 Å². The van der Waals surface area contributed by atoms with Crippen molar-refractivity contribution in [3.63, 3.8) is 0 Å². The number of nitrogens with one attached hydrogen (secondary N) is 1. The highest BCUT2D eigenvalue weighted by molar-refractivity contribution is 7.91. The summed E-state index contributed by atoms with van der Waals surface area (Å²) >= 11 is 0. The molecule has 2 aliphatic heterocycles. The van der Waals surface area contributed by atoms with Crippen LogP contribution < -0.4 is 10.1 Å². The van der Waals surface area contributed by atoms with Gasteiger partial charge in [-0.1, -0.05) is 0 Å². The minimum atomic E-state index is -3.47. The molecule has 0 radical (unpaired) electrons. The molecular formula is C18H21N3O5S. The molecule has 2 aromatic rings. The molecule has 8 nitrogen and oxygen atoms in total. The number of carbonyl (C=O) groups excluding carboxylic acids is 1. The van der Waals surface area contributed by atoms with Gasteiger partial charge >= 0.3 is 0 Å². The van der Waals surface area contributed by atoms with Crippen molar-refractivity contribution in [2.45, 2.75) is 30.6 Å². The molecule has 1 aromatic carbocycles. The molecule has 0 spiro atoms. The first-order valence-electron chi connectivity index (χ1n) is 8.87. The summed E-state index contributed by atoms with van der Waals surface area (Å²) in [5.41, 5.74) is 1.30. The topological polar surface area (TPSA) is 99.5 Å². The lowest BCUT2D eigenvalue weighted by Crippen LogP contribution is -2.33. The van der Waals surface area contributed by atoms with Gasteiger partial charge in [0, 0.05) is 25.3 Å². The SMILES string of the molecule is COc1ccc(-c2nc3n(c2C(=O)NC[C@@H]2CCCO2)CCS3(=O)=O)cc1. The van der Waals surface area contributed by atoms with Crippen molar-refractivity contribution >= 4 is 15.7 Å². The number of rotatable bonds is 5. The summed E-state index contributed by atoms with van der Waals surface area (Å²) in [5.74, 6) is 0.291. The molecule has 0 saturated carbocycles. The van der Waals surface area contributed by atoms with Gasteiger partial charge in [-0.2, -0.15) is 0 Å². The van der Waals surface area contributed by atoms with Crippen LogP contribution in [0.25, 0.3) is 11.3 Å². The van der Waals surface area contributed by atoms with Gasteiger partial charge in [0.2, 0.25) is 15.0 Å². The van der Waals surface area contributed by atoms with Crippen LogP contribution in [0.3, 0.4) is 0 Å². The van der Waals surface area contributed by atoms with E-state index >= 15 is 0 Å². The number of hydrogen-bond acceptors (Lipinski definition) is 6. The van der Waals surface area contributed by atoms with Gasteiger partial charge in [-0.25, -0.2) is 13.4 Å². The van der Waals surface area contributed by atoms with Crippen LogP contribution in [0.4, 0.5) is 0 Å². The summed E-state index contributed by atoms with van der Waals surface area (Å²) < 4.78 is 36.8. The number of sulfone groups is 1. The summed E-state index contributed by atoms with van der Waals surface area (Å²) in [5, 5.41) is 2.83. The van der Waals surface area contributed by atoms with E-state index in [0.29, 0.717) is 30.2 Å². The van der Waals surface area contributed by atoms with E-state index in [1.54, 1.807) is 31.4 Å². The Morgan fingerprint density at radius 3 is 2.81 bits per heavy atom. The van der Waals surface area contributed by atoms with Gasteiger partial charge in [-0.05, 0) is 37.1 Å². The van der Waals surface area contributed by atoms with Crippen molar-refractivity contribution in [2.75, 3.05) is 26.0 Å². The number of nitrogens with zero attached hydrogens (tertiary/aromatic N) is 2. The van der Waals surface area contributed by atoms with Crippen LogP contribution in [-0.4, -0.2) is 56.0 Å². The Bertz CT molecular complexity index is 960. The van der Waals surface area contributed by atoms with E-state index in [0.717, 1.165) is 12.8 Å². The minimum Gasteiger partial charge on any atom is -0.497 e. The number of aromatic nitrogens is 2. The molecule has 1 saturated heterocycles. The third kappa shape index (κ3) is 3.32. The first-order valence-corrected chi connectivity index (χ1v) is 10.5. The molecule has 27 heavy (non-hydrogen) atoms. The quantitative estimate of drug-likeness (QED) is 0.824. The number of carbonyl (C=O) groups is 1. The van der Waals surface area contributed by atoms with Gasteiger partial charge in [0.05, 0.1) is 19.0 Å².